The molecule has 0 aliphatic rings. The van der Waals surface area contributed by atoms with E-state index >= 15 is 0 Å². The third-order valence-corrected chi connectivity index (χ3v) is 2.10. The second kappa shape index (κ2) is 3.13. The molecule has 0 spiro atoms. The van der Waals surface area contributed by atoms with Crippen molar-refractivity contribution in [3.8, 4) is 0 Å². The monoisotopic (exact) mass is 175 g/mol. The molecule has 0 fully saturated rings. The zero-order valence-electron chi connectivity index (χ0n) is 7.95. The Morgan fingerprint density at radius 2 is 2.08 bits per heavy atom. The first kappa shape index (κ1) is 8.17. The van der Waals surface area contributed by atoms with Crippen LogP contribution in [0, 0.1) is 6.92 Å². The minimum atomic E-state index is 0.694. The van der Waals surface area contributed by atoms with Gasteiger partial charge in [-0.2, -0.15) is 4.73 Å². The van der Waals surface area contributed by atoms with E-state index in [4.69, 9.17) is 4.84 Å². The number of aryl methyl sites for hydroxylation is 1. The minimum absolute atomic E-state index is 0.694. The Balaban J connectivity index is 2.64. The van der Waals surface area contributed by atoms with Crippen molar-refractivity contribution in [2.75, 3.05) is 6.61 Å². The number of para-hydroxylation sites is 1. The van der Waals surface area contributed by atoms with Gasteiger partial charge in [0, 0.05) is 5.39 Å². The molecule has 0 unspecified atom stereocenters. The van der Waals surface area contributed by atoms with E-state index < -0.39 is 0 Å². The summed E-state index contributed by atoms with van der Waals surface area (Å²) >= 11 is 0. The second-order valence-corrected chi connectivity index (χ2v) is 3.06. The number of fused-ring (bicyclic) bond motifs is 1. The summed E-state index contributed by atoms with van der Waals surface area (Å²) in [5, 5.41) is 1.23. The largest absolute Gasteiger partial charge is 0.414 e. The van der Waals surface area contributed by atoms with Crippen LogP contribution in [0.3, 0.4) is 0 Å². The molecule has 13 heavy (non-hydrogen) atoms. The topological polar surface area (TPSA) is 14.2 Å². The first-order valence-corrected chi connectivity index (χ1v) is 4.53. The minimum Gasteiger partial charge on any atom is -0.414 e. The molecule has 0 radical (unpaired) electrons. The molecule has 1 heterocycles. The summed E-state index contributed by atoms with van der Waals surface area (Å²) in [7, 11) is 0. The van der Waals surface area contributed by atoms with E-state index in [2.05, 4.69) is 25.1 Å². The number of aromatic nitrogens is 1. The SMILES string of the molecule is CCOn1c(C)cc2ccccc21. The first-order valence-electron chi connectivity index (χ1n) is 4.53. The lowest BCUT2D eigenvalue weighted by molar-refractivity contribution is 0.128. The third kappa shape index (κ3) is 1.28. The van der Waals surface area contributed by atoms with Crippen LogP contribution in [0.15, 0.2) is 30.3 Å². The van der Waals surface area contributed by atoms with Gasteiger partial charge < -0.3 is 4.84 Å². The van der Waals surface area contributed by atoms with Gasteiger partial charge in [0.1, 0.15) is 6.61 Å². The summed E-state index contributed by atoms with van der Waals surface area (Å²) in [5.74, 6) is 0. The molecule has 2 heteroatoms. The molecule has 2 rings (SSSR count). The Kier molecular flexibility index (Phi) is 1.97. The predicted octanol–water partition coefficient (Wildman–Crippen LogP) is 2.40. The van der Waals surface area contributed by atoms with E-state index in [1.54, 1.807) is 0 Å². The summed E-state index contributed by atoms with van der Waals surface area (Å²) in [4.78, 5) is 5.51. The lowest BCUT2D eigenvalue weighted by Gasteiger charge is -2.07. The van der Waals surface area contributed by atoms with Gasteiger partial charge in [0.25, 0.3) is 0 Å². The van der Waals surface area contributed by atoms with Crippen LogP contribution >= 0.6 is 0 Å². The van der Waals surface area contributed by atoms with Gasteiger partial charge in [-0.15, -0.1) is 0 Å². The fraction of sp³-hybridized carbons (Fsp3) is 0.273. The van der Waals surface area contributed by atoms with Crippen molar-refractivity contribution in [2.45, 2.75) is 13.8 Å². The maximum atomic E-state index is 5.51. The summed E-state index contributed by atoms with van der Waals surface area (Å²) in [6.45, 7) is 4.74. The van der Waals surface area contributed by atoms with Gasteiger partial charge in [0.05, 0.1) is 11.2 Å². The molecule has 1 aromatic heterocycles. The maximum absolute atomic E-state index is 5.51. The molecular formula is C11H13NO. The Morgan fingerprint density at radius 3 is 2.85 bits per heavy atom. The molecule has 0 aliphatic carbocycles. The molecule has 1 aromatic carbocycles. The first-order chi connectivity index (χ1) is 6.33. The lowest BCUT2D eigenvalue weighted by atomic mass is 10.2. The van der Waals surface area contributed by atoms with E-state index in [-0.39, 0.29) is 0 Å². The van der Waals surface area contributed by atoms with Crippen molar-refractivity contribution in [1.82, 2.24) is 4.73 Å². The van der Waals surface area contributed by atoms with Gasteiger partial charge in [0.2, 0.25) is 0 Å². The van der Waals surface area contributed by atoms with Crippen LogP contribution in [0.4, 0.5) is 0 Å². The quantitative estimate of drug-likeness (QED) is 0.683. The lowest BCUT2D eigenvalue weighted by Crippen LogP contribution is -2.11. The van der Waals surface area contributed by atoms with Crippen LogP contribution < -0.4 is 4.84 Å². The van der Waals surface area contributed by atoms with Crippen molar-refractivity contribution in [1.29, 1.82) is 0 Å². The molecule has 0 saturated heterocycles. The summed E-state index contributed by atoms with van der Waals surface area (Å²) in [6, 6.07) is 10.4. The highest BCUT2D eigenvalue weighted by Crippen LogP contribution is 2.17. The van der Waals surface area contributed by atoms with E-state index in [9.17, 15) is 0 Å². The summed E-state index contributed by atoms with van der Waals surface area (Å²) in [5.41, 5.74) is 2.28. The molecule has 2 aromatic rings. The van der Waals surface area contributed by atoms with Gasteiger partial charge >= 0.3 is 0 Å². The highest BCUT2D eigenvalue weighted by Gasteiger charge is 2.03. The van der Waals surface area contributed by atoms with E-state index in [0.29, 0.717) is 6.61 Å². The molecular weight excluding hydrogens is 162 g/mol. The van der Waals surface area contributed by atoms with Crippen LogP contribution in [0.2, 0.25) is 0 Å². The molecule has 0 aliphatic heterocycles. The summed E-state index contributed by atoms with van der Waals surface area (Å²) in [6.07, 6.45) is 0. The summed E-state index contributed by atoms with van der Waals surface area (Å²) < 4.78 is 1.88. The average molecular weight is 175 g/mol. The van der Waals surface area contributed by atoms with Crippen molar-refractivity contribution < 1.29 is 4.84 Å². The normalized spacial score (nSPS) is 10.6. The van der Waals surface area contributed by atoms with Gasteiger partial charge in [-0.05, 0) is 26.0 Å². The molecule has 68 valence electrons. The van der Waals surface area contributed by atoms with Crippen LogP contribution in [0.5, 0.6) is 0 Å². The fourth-order valence-corrected chi connectivity index (χ4v) is 1.57. The standard InChI is InChI=1S/C11H13NO/c1-3-13-12-9(2)8-10-6-4-5-7-11(10)12/h4-8H,3H2,1-2H3. The molecule has 2 nitrogen and oxygen atoms in total. The molecule has 0 N–H and O–H groups in total. The fourth-order valence-electron chi connectivity index (χ4n) is 1.57. The van der Waals surface area contributed by atoms with Gasteiger partial charge in [-0.25, -0.2) is 0 Å². The van der Waals surface area contributed by atoms with Crippen molar-refractivity contribution in [3.05, 3.63) is 36.0 Å². The molecule has 0 amide bonds. The Labute approximate surface area is 77.7 Å². The van der Waals surface area contributed by atoms with Crippen molar-refractivity contribution in [2.24, 2.45) is 0 Å². The predicted molar refractivity (Wildman–Crippen MR) is 53.8 cm³/mol. The zero-order valence-corrected chi connectivity index (χ0v) is 7.95. The number of nitrogens with zero attached hydrogens (tertiary/aromatic N) is 1. The van der Waals surface area contributed by atoms with Crippen LogP contribution in [0.25, 0.3) is 10.9 Å². The van der Waals surface area contributed by atoms with Gasteiger partial charge in [-0.3, -0.25) is 0 Å². The molecule has 0 bridgehead atoms. The van der Waals surface area contributed by atoms with Crippen LogP contribution in [-0.4, -0.2) is 11.3 Å². The van der Waals surface area contributed by atoms with E-state index in [1.165, 1.54) is 5.39 Å². The van der Waals surface area contributed by atoms with Gasteiger partial charge in [-0.1, -0.05) is 18.2 Å². The maximum Gasteiger partial charge on any atom is 0.112 e. The van der Waals surface area contributed by atoms with Gasteiger partial charge in [0.15, 0.2) is 0 Å². The Bertz CT molecular complexity index is 417. The molecule has 0 saturated carbocycles. The smallest absolute Gasteiger partial charge is 0.112 e. The van der Waals surface area contributed by atoms with E-state index in [0.717, 1.165) is 11.2 Å². The highest BCUT2D eigenvalue weighted by atomic mass is 16.7. The second-order valence-electron chi connectivity index (χ2n) is 3.06. The highest BCUT2D eigenvalue weighted by molar-refractivity contribution is 5.80. The van der Waals surface area contributed by atoms with Crippen molar-refractivity contribution in [3.63, 3.8) is 0 Å². The van der Waals surface area contributed by atoms with Crippen molar-refractivity contribution >= 4 is 10.9 Å². The number of hydrogen-bond acceptors (Lipinski definition) is 1. The number of benzene rings is 1. The van der Waals surface area contributed by atoms with E-state index in [1.807, 2.05) is 23.8 Å². The van der Waals surface area contributed by atoms with Crippen LogP contribution in [0.1, 0.15) is 12.6 Å². The van der Waals surface area contributed by atoms with Crippen LogP contribution in [-0.2, 0) is 0 Å². The molecule has 0 atom stereocenters. The zero-order chi connectivity index (χ0) is 9.26. The number of rotatable bonds is 2. The average Bonchev–Trinajstić information content (AvgIpc) is 2.44. The Morgan fingerprint density at radius 1 is 1.31 bits per heavy atom. The third-order valence-electron chi connectivity index (χ3n) is 2.10. The Hall–Kier alpha value is -1.44. The number of hydrogen-bond donors (Lipinski definition) is 0.